The average Bonchev–Trinajstić information content (AvgIpc) is 3.12. The molecule has 6 nitrogen and oxygen atoms in total. The molecule has 160 valence electrons. The maximum atomic E-state index is 14.9. The topological polar surface area (TPSA) is 92.9 Å². The number of nitrogens with two attached hydrogens (primary N) is 1. The van der Waals surface area contributed by atoms with Crippen molar-refractivity contribution in [3.8, 4) is 0 Å². The first-order valence-corrected chi connectivity index (χ1v) is 10.4. The number of aliphatic hydroxyl groups is 1. The zero-order valence-electron chi connectivity index (χ0n) is 16.8. The number of carbonyl (C=O) groups excluding carboxylic acids is 2. The van der Waals surface area contributed by atoms with Crippen LogP contribution >= 0.6 is 11.6 Å². The average molecular weight is 427 g/mol. The first kappa shape index (κ1) is 22.0. The molecule has 1 aromatic rings. The number of hydrogen-bond acceptors (Lipinski definition) is 5. The molecule has 29 heavy (non-hydrogen) atoms. The summed E-state index contributed by atoms with van der Waals surface area (Å²) in [5.41, 5.74) is 2.71. The molecule has 1 aliphatic carbocycles. The number of ether oxygens (including phenoxy) is 1. The summed E-state index contributed by atoms with van der Waals surface area (Å²) in [6, 6.07) is 2.72. The number of likely N-dealkylation sites (tertiary alicyclic amines) is 1. The molecule has 0 aromatic heterocycles. The molecule has 1 heterocycles. The molecular weight excluding hydrogens is 399 g/mol. The van der Waals surface area contributed by atoms with Crippen LogP contribution in [-0.2, 0) is 26.5 Å². The van der Waals surface area contributed by atoms with E-state index in [4.69, 9.17) is 22.1 Å². The fraction of sp³-hybridized carbons (Fsp3) is 0.619. The Morgan fingerprint density at radius 3 is 2.48 bits per heavy atom. The van der Waals surface area contributed by atoms with Gasteiger partial charge in [-0.3, -0.25) is 14.5 Å². The van der Waals surface area contributed by atoms with E-state index < -0.39 is 28.7 Å². The first-order chi connectivity index (χ1) is 13.6. The van der Waals surface area contributed by atoms with Gasteiger partial charge in [0, 0.05) is 30.0 Å². The van der Waals surface area contributed by atoms with Crippen molar-refractivity contribution < 1.29 is 23.8 Å². The van der Waals surface area contributed by atoms with Crippen molar-refractivity contribution in [3.63, 3.8) is 0 Å². The zero-order valence-corrected chi connectivity index (χ0v) is 17.6. The molecule has 0 spiro atoms. The molecule has 8 heteroatoms. The van der Waals surface area contributed by atoms with Crippen LogP contribution in [0.2, 0.25) is 5.02 Å². The van der Waals surface area contributed by atoms with E-state index in [1.165, 1.54) is 12.1 Å². The maximum absolute atomic E-state index is 14.9. The number of halogens is 2. The van der Waals surface area contributed by atoms with Crippen molar-refractivity contribution in [2.45, 2.75) is 51.7 Å². The van der Waals surface area contributed by atoms with Crippen molar-refractivity contribution in [3.05, 3.63) is 34.1 Å². The molecule has 1 aromatic carbocycles. The number of primary amides is 1. The minimum atomic E-state index is -1.70. The van der Waals surface area contributed by atoms with E-state index in [1.54, 1.807) is 0 Å². The second kappa shape index (κ2) is 8.20. The van der Waals surface area contributed by atoms with E-state index in [2.05, 4.69) is 4.90 Å². The molecule has 0 bridgehead atoms. The fourth-order valence-corrected chi connectivity index (χ4v) is 4.41. The summed E-state index contributed by atoms with van der Waals surface area (Å²) in [6.07, 6.45) is 1.57. The predicted molar refractivity (Wildman–Crippen MR) is 106 cm³/mol. The van der Waals surface area contributed by atoms with Crippen molar-refractivity contribution in [2.24, 2.45) is 17.1 Å². The van der Waals surface area contributed by atoms with Gasteiger partial charge < -0.3 is 15.6 Å². The second-order valence-corrected chi connectivity index (χ2v) is 9.14. The summed E-state index contributed by atoms with van der Waals surface area (Å²) < 4.78 is 20.0. The molecule has 1 saturated heterocycles. The molecule has 2 aliphatic rings. The summed E-state index contributed by atoms with van der Waals surface area (Å²) in [7, 11) is 0. The Bertz CT molecular complexity index is 802. The highest BCUT2D eigenvalue weighted by atomic mass is 35.5. The van der Waals surface area contributed by atoms with Gasteiger partial charge in [0.1, 0.15) is 5.82 Å². The number of benzene rings is 1. The largest absolute Gasteiger partial charge is 0.465 e. The third-order valence-electron chi connectivity index (χ3n) is 5.83. The summed E-state index contributed by atoms with van der Waals surface area (Å²) in [6.45, 7) is 6.30. The molecule has 3 N–H and O–H groups in total. The van der Waals surface area contributed by atoms with Gasteiger partial charge in [-0.2, -0.15) is 0 Å². The standard InChI is InChI=1S/C21H28ClFN2O4/c1-13(2)10-29-19(27)20(18(24)26)11-21(28,12-20)15-8-16(22)14(7-17(15)23)9-25-5-3-4-6-25/h7-8,13,28H,3-6,9-12H2,1-2H3,(H2,24,26). The number of esters is 1. The highest BCUT2D eigenvalue weighted by Crippen LogP contribution is 2.55. The van der Waals surface area contributed by atoms with E-state index in [0.717, 1.165) is 25.9 Å². The lowest BCUT2D eigenvalue weighted by atomic mass is 9.56. The lowest BCUT2D eigenvalue weighted by Crippen LogP contribution is -2.61. The van der Waals surface area contributed by atoms with Crippen LogP contribution in [0.5, 0.6) is 0 Å². The smallest absolute Gasteiger partial charge is 0.321 e. The molecule has 1 amide bonds. The third-order valence-corrected chi connectivity index (χ3v) is 6.18. The van der Waals surface area contributed by atoms with Gasteiger partial charge >= 0.3 is 5.97 Å². The molecule has 1 saturated carbocycles. The van der Waals surface area contributed by atoms with Crippen molar-refractivity contribution in [2.75, 3.05) is 19.7 Å². The van der Waals surface area contributed by atoms with Crippen LogP contribution in [0.1, 0.15) is 50.7 Å². The van der Waals surface area contributed by atoms with E-state index in [1.807, 2.05) is 13.8 Å². The van der Waals surface area contributed by atoms with Crippen LogP contribution in [0.25, 0.3) is 0 Å². The van der Waals surface area contributed by atoms with Crippen LogP contribution in [0, 0.1) is 17.2 Å². The normalized spacial score (nSPS) is 27.1. The molecule has 0 radical (unpaired) electrons. The Balaban J connectivity index is 1.79. The maximum Gasteiger partial charge on any atom is 0.321 e. The van der Waals surface area contributed by atoms with Crippen LogP contribution < -0.4 is 5.73 Å². The van der Waals surface area contributed by atoms with E-state index in [9.17, 15) is 19.1 Å². The number of amides is 1. The highest BCUT2D eigenvalue weighted by Gasteiger charge is 2.64. The number of nitrogens with zero attached hydrogens (tertiary/aromatic N) is 1. The lowest BCUT2D eigenvalue weighted by Gasteiger charge is -2.49. The Labute approximate surface area is 175 Å². The number of carbonyl (C=O) groups is 2. The van der Waals surface area contributed by atoms with Gasteiger partial charge in [0.25, 0.3) is 0 Å². The lowest BCUT2D eigenvalue weighted by molar-refractivity contribution is -0.193. The van der Waals surface area contributed by atoms with Gasteiger partial charge in [0.05, 0.1) is 12.2 Å². The second-order valence-electron chi connectivity index (χ2n) is 8.73. The zero-order chi connectivity index (χ0) is 21.4. The first-order valence-electron chi connectivity index (χ1n) is 9.98. The van der Waals surface area contributed by atoms with E-state index >= 15 is 0 Å². The Hall–Kier alpha value is -1.70. The van der Waals surface area contributed by atoms with Crippen molar-refractivity contribution in [1.82, 2.24) is 4.90 Å². The summed E-state index contributed by atoms with van der Waals surface area (Å²) in [5, 5.41) is 11.3. The fourth-order valence-electron chi connectivity index (χ4n) is 4.18. The summed E-state index contributed by atoms with van der Waals surface area (Å²) >= 11 is 6.36. The van der Waals surface area contributed by atoms with Crippen LogP contribution in [-0.4, -0.2) is 41.6 Å². The molecule has 1 aliphatic heterocycles. The number of rotatable bonds is 7. The van der Waals surface area contributed by atoms with Crippen LogP contribution in [0.4, 0.5) is 4.39 Å². The summed E-state index contributed by atoms with van der Waals surface area (Å²) in [5.74, 6) is -2.18. The van der Waals surface area contributed by atoms with Gasteiger partial charge in [0.2, 0.25) is 5.91 Å². The Morgan fingerprint density at radius 2 is 1.93 bits per heavy atom. The molecule has 2 fully saturated rings. The monoisotopic (exact) mass is 426 g/mol. The van der Waals surface area contributed by atoms with Gasteiger partial charge in [0.15, 0.2) is 5.41 Å². The minimum Gasteiger partial charge on any atom is -0.465 e. The van der Waals surface area contributed by atoms with Crippen LogP contribution in [0.15, 0.2) is 12.1 Å². The van der Waals surface area contributed by atoms with Crippen molar-refractivity contribution >= 4 is 23.5 Å². The highest BCUT2D eigenvalue weighted by molar-refractivity contribution is 6.31. The summed E-state index contributed by atoms with van der Waals surface area (Å²) in [4.78, 5) is 26.6. The molecular formula is C21H28ClFN2O4. The van der Waals surface area contributed by atoms with E-state index in [0.29, 0.717) is 17.1 Å². The van der Waals surface area contributed by atoms with Gasteiger partial charge in [-0.15, -0.1) is 0 Å². The molecule has 3 rings (SSSR count). The Kier molecular flexibility index (Phi) is 6.22. The number of hydrogen-bond donors (Lipinski definition) is 2. The Morgan fingerprint density at radius 1 is 1.31 bits per heavy atom. The molecule has 0 atom stereocenters. The van der Waals surface area contributed by atoms with Gasteiger partial charge in [-0.05, 0) is 49.5 Å². The third kappa shape index (κ3) is 4.27. The SMILES string of the molecule is CC(C)COC(=O)C1(C(N)=O)CC(O)(c2cc(Cl)c(CN3CCCC3)cc2F)C1. The van der Waals surface area contributed by atoms with E-state index in [-0.39, 0.29) is 30.9 Å². The van der Waals surface area contributed by atoms with Crippen LogP contribution in [0.3, 0.4) is 0 Å². The quantitative estimate of drug-likeness (QED) is 0.516. The predicted octanol–water partition coefficient (Wildman–Crippen LogP) is 2.73. The minimum absolute atomic E-state index is 0.0267. The molecule has 0 unspecified atom stereocenters. The van der Waals surface area contributed by atoms with Gasteiger partial charge in [-0.25, -0.2) is 4.39 Å². The van der Waals surface area contributed by atoms with Gasteiger partial charge in [-0.1, -0.05) is 25.4 Å². The van der Waals surface area contributed by atoms with Crippen molar-refractivity contribution in [1.29, 1.82) is 0 Å².